The van der Waals surface area contributed by atoms with Crippen LogP contribution in [-0.4, -0.2) is 13.1 Å². The molecule has 0 radical (unpaired) electrons. The molecule has 0 spiro atoms. The summed E-state index contributed by atoms with van der Waals surface area (Å²) in [6.07, 6.45) is 2.94. The Morgan fingerprint density at radius 2 is 2.24 bits per heavy atom. The first-order valence-corrected chi connectivity index (χ1v) is 6.08. The molecule has 0 saturated carbocycles. The Labute approximate surface area is 101 Å². The van der Waals surface area contributed by atoms with Gasteiger partial charge in [-0.05, 0) is 32.0 Å². The highest BCUT2D eigenvalue weighted by molar-refractivity contribution is 5.78. The standard InChI is InChI=1S/C14H18FNO/c1-3-11(16-2)7-8-12-9-10-5-4-6-13(15)14(10)17-12/h4-6,9,11,16H,3,7-8H2,1-2H3. The molecule has 0 aliphatic carbocycles. The Hall–Kier alpha value is -1.35. The maximum Gasteiger partial charge on any atom is 0.169 e. The number of benzene rings is 1. The van der Waals surface area contributed by atoms with Crippen molar-refractivity contribution < 1.29 is 8.81 Å². The number of fused-ring (bicyclic) bond motifs is 1. The first-order valence-electron chi connectivity index (χ1n) is 6.08. The molecule has 2 rings (SSSR count). The zero-order valence-electron chi connectivity index (χ0n) is 10.3. The van der Waals surface area contributed by atoms with Crippen molar-refractivity contribution in [3.63, 3.8) is 0 Å². The van der Waals surface area contributed by atoms with E-state index in [1.165, 1.54) is 6.07 Å². The average Bonchev–Trinajstić information content (AvgIpc) is 2.75. The number of nitrogens with one attached hydrogen (secondary N) is 1. The summed E-state index contributed by atoms with van der Waals surface area (Å²) >= 11 is 0. The SMILES string of the molecule is CCC(CCc1cc2cccc(F)c2o1)NC. The van der Waals surface area contributed by atoms with Gasteiger partial charge in [0, 0.05) is 17.8 Å². The van der Waals surface area contributed by atoms with Crippen LogP contribution in [0.25, 0.3) is 11.0 Å². The summed E-state index contributed by atoms with van der Waals surface area (Å²) < 4.78 is 19.0. The summed E-state index contributed by atoms with van der Waals surface area (Å²) in [4.78, 5) is 0. The highest BCUT2D eigenvalue weighted by Crippen LogP contribution is 2.23. The lowest BCUT2D eigenvalue weighted by Crippen LogP contribution is -2.24. The summed E-state index contributed by atoms with van der Waals surface area (Å²) in [5.74, 6) is 0.577. The molecule has 1 aromatic carbocycles. The molecule has 2 aromatic rings. The lowest BCUT2D eigenvalue weighted by molar-refractivity contribution is 0.463. The highest BCUT2D eigenvalue weighted by Gasteiger charge is 2.09. The molecule has 1 unspecified atom stereocenters. The smallest absolute Gasteiger partial charge is 0.169 e. The van der Waals surface area contributed by atoms with Crippen molar-refractivity contribution in [3.8, 4) is 0 Å². The third-order valence-electron chi connectivity index (χ3n) is 3.19. The molecular formula is C14H18FNO. The Kier molecular flexibility index (Phi) is 3.79. The van der Waals surface area contributed by atoms with Crippen LogP contribution in [0.5, 0.6) is 0 Å². The number of furan rings is 1. The molecule has 0 saturated heterocycles. The summed E-state index contributed by atoms with van der Waals surface area (Å²) in [5, 5.41) is 4.10. The average molecular weight is 235 g/mol. The van der Waals surface area contributed by atoms with Crippen molar-refractivity contribution in [1.82, 2.24) is 5.32 Å². The van der Waals surface area contributed by atoms with Crippen LogP contribution in [0.1, 0.15) is 25.5 Å². The minimum atomic E-state index is -0.283. The predicted molar refractivity (Wildman–Crippen MR) is 67.6 cm³/mol. The lowest BCUT2D eigenvalue weighted by Gasteiger charge is -2.11. The van der Waals surface area contributed by atoms with Crippen molar-refractivity contribution in [2.24, 2.45) is 0 Å². The van der Waals surface area contributed by atoms with E-state index in [1.54, 1.807) is 6.07 Å². The maximum atomic E-state index is 13.4. The molecule has 17 heavy (non-hydrogen) atoms. The number of para-hydroxylation sites is 1. The first kappa shape index (κ1) is 12.1. The van der Waals surface area contributed by atoms with Gasteiger partial charge in [-0.15, -0.1) is 0 Å². The van der Waals surface area contributed by atoms with Crippen LogP contribution < -0.4 is 5.32 Å². The predicted octanol–water partition coefficient (Wildman–Crippen LogP) is 3.50. The van der Waals surface area contributed by atoms with Gasteiger partial charge in [-0.2, -0.15) is 0 Å². The van der Waals surface area contributed by atoms with Gasteiger partial charge >= 0.3 is 0 Å². The van der Waals surface area contributed by atoms with Crippen molar-refractivity contribution in [2.75, 3.05) is 7.05 Å². The van der Waals surface area contributed by atoms with E-state index in [-0.39, 0.29) is 5.82 Å². The van der Waals surface area contributed by atoms with Gasteiger partial charge in [-0.1, -0.05) is 19.1 Å². The second-order valence-electron chi connectivity index (χ2n) is 4.30. The fourth-order valence-electron chi connectivity index (χ4n) is 2.07. The molecular weight excluding hydrogens is 217 g/mol. The normalized spacial score (nSPS) is 13.1. The molecule has 1 atom stereocenters. The van der Waals surface area contributed by atoms with Crippen molar-refractivity contribution in [1.29, 1.82) is 0 Å². The zero-order chi connectivity index (χ0) is 12.3. The lowest BCUT2D eigenvalue weighted by atomic mass is 10.1. The third kappa shape index (κ3) is 2.67. The van der Waals surface area contributed by atoms with Crippen LogP contribution in [0, 0.1) is 5.82 Å². The van der Waals surface area contributed by atoms with E-state index >= 15 is 0 Å². The molecule has 0 aliphatic heterocycles. The van der Waals surface area contributed by atoms with E-state index in [1.807, 2.05) is 19.2 Å². The molecule has 0 bridgehead atoms. The molecule has 1 aromatic heterocycles. The number of rotatable bonds is 5. The number of halogens is 1. The molecule has 92 valence electrons. The van der Waals surface area contributed by atoms with Gasteiger partial charge in [0.05, 0.1) is 0 Å². The van der Waals surface area contributed by atoms with E-state index in [9.17, 15) is 4.39 Å². The van der Waals surface area contributed by atoms with Gasteiger partial charge in [0.2, 0.25) is 0 Å². The van der Waals surface area contributed by atoms with Crippen LogP contribution in [0.2, 0.25) is 0 Å². The van der Waals surface area contributed by atoms with E-state index in [2.05, 4.69) is 12.2 Å². The van der Waals surface area contributed by atoms with E-state index < -0.39 is 0 Å². The van der Waals surface area contributed by atoms with Gasteiger partial charge in [0.25, 0.3) is 0 Å². The van der Waals surface area contributed by atoms with Crippen molar-refractivity contribution in [2.45, 2.75) is 32.2 Å². The van der Waals surface area contributed by atoms with Crippen LogP contribution in [0.4, 0.5) is 4.39 Å². The minimum absolute atomic E-state index is 0.283. The molecule has 0 aliphatic rings. The maximum absolute atomic E-state index is 13.4. The molecule has 0 fully saturated rings. The largest absolute Gasteiger partial charge is 0.458 e. The Morgan fingerprint density at radius 1 is 1.41 bits per heavy atom. The molecule has 3 heteroatoms. The molecule has 1 heterocycles. The second kappa shape index (κ2) is 5.32. The summed E-state index contributed by atoms with van der Waals surface area (Å²) in [6.45, 7) is 2.15. The fourth-order valence-corrected chi connectivity index (χ4v) is 2.07. The van der Waals surface area contributed by atoms with E-state index in [4.69, 9.17) is 4.42 Å². The summed E-state index contributed by atoms with van der Waals surface area (Å²) in [5.41, 5.74) is 0.375. The molecule has 2 nitrogen and oxygen atoms in total. The van der Waals surface area contributed by atoms with Crippen molar-refractivity contribution in [3.05, 3.63) is 35.8 Å². The Morgan fingerprint density at radius 3 is 2.88 bits per heavy atom. The molecule has 1 N–H and O–H groups in total. The van der Waals surface area contributed by atoms with E-state index in [0.29, 0.717) is 11.6 Å². The fraction of sp³-hybridized carbons (Fsp3) is 0.429. The number of hydrogen-bond acceptors (Lipinski definition) is 2. The third-order valence-corrected chi connectivity index (χ3v) is 3.19. The van der Waals surface area contributed by atoms with Gasteiger partial charge < -0.3 is 9.73 Å². The summed E-state index contributed by atoms with van der Waals surface area (Å²) in [6, 6.07) is 7.44. The monoisotopic (exact) mass is 235 g/mol. The van der Waals surface area contributed by atoms with E-state index in [0.717, 1.165) is 30.4 Å². The van der Waals surface area contributed by atoms with Crippen LogP contribution in [0.15, 0.2) is 28.7 Å². The van der Waals surface area contributed by atoms with Crippen LogP contribution in [-0.2, 0) is 6.42 Å². The van der Waals surface area contributed by atoms with Crippen molar-refractivity contribution >= 4 is 11.0 Å². The van der Waals surface area contributed by atoms with Crippen LogP contribution in [0.3, 0.4) is 0 Å². The first-order chi connectivity index (χ1) is 8.24. The van der Waals surface area contributed by atoms with Gasteiger partial charge in [0.15, 0.2) is 11.4 Å². The number of hydrogen-bond donors (Lipinski definition) is 1. The quantitative estimate of drug-likeness (QED) is 0.858. The van der Waals surface area contributed by atoms with Crippen LogP contribution >= 0.6 is 0 Å². The highest BCUT2D eigenvalue weighted by atomic mass is 19.1. The molecule has 0 amide bonds. The topological polar surface area (TPSA) is 25.2 Å². The number of aryl methyl sites for hydroxylation is 1. The zero-order valence-corrected chi connectivity index (χ0v) is 10.3. The van der Waals surface area contributed by atoms with Gasteiger partial charge in [-0.3, -0.25) is 0 Å². The minimum Gasteiger partial charge on any atom is -0.458 e. The van der Waals surface area contributed by atoms with Gasteiger partial charge in [-0.25, -0.2) is 4.39 Å². The van der Waals surface area contributed by atoms with Gasteiger partial charge in [0.1, 0.15) is 5.76 Å². The Balaban J connectivity index is 2.12. The second-order valence-corrected chi connectivity index (χ2v) is 4.30. The Bertz CT molecular complexity index is 488. The summed E-state index contributed by atoms with van der Waals surface area (Å²) in [7, 11) is 1.96.